The molecule has 1 N–H and O–H groups in total. The van der Waals surface area contributed by atoms with Crippen LogP contribution in [0.4, 0.5) is 0 Å². The van der Waals surface area contributed by atoms with E-state index in [0.29, 0.717) is 0 Å². The van der Waals surface area contributed by atoms with Crippen molar-refractivity contribution < 1.29 is 4.74 Å². The number of hydrogen-bond acceptors (Lipinski definition) is 3. The number of nitrogens with one attached hydrogen (secondary N) is 1. The van der Waals surface area contributed by atoms with Crippen LogP contribution in [-0.4, -0.2) is 15.9 Å². The van der Waals surface area contributed by atoms with Crippen LogP contribution in [-0.2, 0) is 6.54 Å². The van der Waals surface area contributed by atoms with Crippen LogP contribution in [0.25, 0.3) is 6.20 Å². The lowest BCUT2D eigenvalue weighted by molar-refractivity contribution is 0.242. The third-order valence-electron chi connectivity index (χ3n) is 3.21. The number of hydrogen-bond donors (Lipinski definition) is 1. The van der Waals surface area contributed by atoms with Gasteiger partial charge in [-0.3, -0.25) is 0 Å². The normalized spacial score (nSPS) is 12.4. The predicted octanol–water partition coefficient (Wildman–Crippen LogP) is 3.62. The van der Waals surface area contributed by atoms with E-state index in [9.17, 15) is 0 Å². The summed E-state index contributed by atoms with van der Waals surface area (Å²) >= 11 is 0. The van der Waals surface area contributed by atoms with E-state index in [1.807, 2.05) is 38.4 Å². The molecule has 0 saturated heterocycles. The molecule has 0 fully saturated rings. The van der Waals surface area contributed by atoms with Crippen LogP contribution >= 0.6 is 0 Å². The van der Waals surface area contributed by atoms with Crippen molar-refractivity contribution in [3.8, 4) is 5.75 Å². The molecular formula is C17H23N3O. The van der Waals surface area contributed by atoms with Crippen molar-refractivity contribution in [1.82, 2.24) is 15.1 Å². The summed E-state index contributed by atoms with van der Waals surface area (Å²) < 4.78 is 7.36. The maximum absolute atomic E-state index is 5.65. The standard InChI is InChI=1S/C17H23N3O/c1-5-20-12-15(11-19-20)10-18-14(4)16-6-8-17(9-7-16)21-13(2)3/h5-9,11-14,18H,1,10H2,2-4H3. The highest BCUT2D eigenvalue weighted by atomic mass is 16.5. The van der Waals surface area contributed by atoms with Crippen LogP contribution in [0.1, 0.15) is 37.9 Å². The SMILES string of the molecule is C=Cn1cc(CNC(C)c2ccc(OC(C)C)cc2)cn1. The maximum Gasteiger partial charge on any atom is 0.119 e. The van der Waals surface area contributed by atoms with E-state index in [2.05, 4.69) is 36.1 Å². The van der Waals surface area contributed by atoms with Gasteiger partial charge in [0.1, 0.15) is 5.75 Å². The van der Waals surface area contributed by atoms with Gasteiger partial charge in [-0.25, -0.2) is 4.68 Å². The summed E-state index contributed by atoms with van der Waals surface area (Å²) in [5.41, 5.74) is 2.38. The first-order valence-electron chi connectivity index (χ1n) is 7.24. The van der Waals surface area contributed by atoms with Crippen molar-refractivity contribution in [2.24, 2.45) is 0 Å². The highest BCUT2D eigenvalue weighted by Crippen LogP contribution is 2.18. The summed E-state index contributed by atoms with van der Waals surface area (Å²) in [5, 5.41) is 7.65. The minimum atomic E-state index is 0.202. The second-order valence-corrected chi connectivity index (χ2v) is 5.35. The molecule has 0 radical (unpaired) electrons. The smallest absolute Gasteiger partial charge is 0.119 e. The van der Waals surface area contributed by atoms with Crippen LogP contribution in [0.2, 0.25) is 0 Å². The molecule has 1 unspecified atom stereocenters. The van der Waals surface area contributed by atoms with Crippen LogP contribution in [0.5, 0.6) is 5.75 Å². The molecule has 1 atom stereocenters. The van der Waals surface area contributed by atoms with Crippen LogP contribution in [0.3, 0.4) is 0 Å². The third kappa shape index (κ3) is 4.46. The van der Waals surface area contributed by atoms with Crippen LogP contribution in [0.15, 0.2) is 43.2 Å². The molecule has 4 nitrogen and oxygen atoms in total. The quantitative estimate of drug-likeness (QED) is 0.844. The largest absolute Gasteiger partial charge is 0.491 e. The summed E-state index contributed by atoms with van der Waals surface area (Å²) in [5.74, 6) is 0.910. The first-order chi connectivity index (χ1) is 10.1. The Morgan fingerprint density at radius 1 is 1.29 bits per heavy atom. The Balaban J connectivity index is 1.90. The molecule has 0 amide bonds. The Kier molecular flexibility index (Phi) is 5.17. The summed E-state index contributed by atoms with van der Waals surface area (Å²) in [4.78, 5) is 0. The molecule has 2 rings (SSSR count). The second-order valence-electron chi connectivity index (χ2n) is 5.35. The third-order valence-corrected chi connectivity index (χ3v) is 3.21. The summed E-state index contributed by atoms with van der Waals surface area (Å²) in [6, 6.07) is 8.50. The number of benzene rings is 1. The Morgan fingerprint density at radius 3 is 2.57 bits per heavy atom. The Morgan fingerprint density at radius 2 is 2.00 bits per heavy atom. The number of rotatable bonds is 7. The molecule has 2 aromatic rings. The molecule has 0 bridgehead atoms. The Bertz CT molecular complexity index is 572. The molecule has 1 heterocycles. The minimum absolute atomic E-state index is 0.202. The topological polar surface area (TPSA) is 39.1 Å². The molecular weight excluding hydrogens is 262 g/mol. The zero-order chi connectivity index (χ0) is 15.2. The van der Waals surface area contributed by atoms with Crippen LogP contribution < -0.4 is 10.1 Å². The van der Waals surface area contributed by atoms with Crippen molar-refractivity contribution in [2.75, 3.05) is 0 Å². The van der Waals surface area contributed by atoms with Gasteiger partial charge in [0, 0.05) is 30.5 Å². The van der Waals surface area contributed by atoms with E-state index in [0.717, 1.165) is 17.9 Å². The Labute approximate surface area is 126 Å². The first-order valence-corrected chi connectivity index (χ1v) is 7.24. The van der Waals surface area contributed by atoms with Gasteiger partial charge in [0.15, 0.2) is 0 Å². The van der Waals surface area contributed by atoms with Crippen molar-refractivity contribution in [2.45, 2.75) is 39.5 Å². The minimum Gasteiger partial charge on any atom is -0.491 e. The molecule has 112 valence electrons. The average Bonchev–Trinajstić information content (AvgIpc) is 2.93. The summed E-state index contributed by atoms with van der Waals surface area (Å²) in [7, 11) is 0. The van der Waals surface area contributed by atoms with Gasteiger partial charge in [-0.15, -0.1) is 0 Å². The fourth-order valence-electron chi connectivity index (χ4n) is 2.06. The van der Waals surface area contributed by atoms with E-state index in [1.165, 1.54) is 5.56 Å². The zero-order valence-corrected chi connectivity index (χ0v) is 12.9. The summed E-state index contributed by atoms with van der Waals surface area (Å²) in [6.07, 6.45) is 5.70. The van der Waals surface area contributed by atoms with Crippen LogP contribution in [0, 0.1) is 0 Å². The monoisotopic (exact) mass is 285 g/mol. The van der Waals surface area contributed by atoms with Gasteiger partial charge in [0.05, 0.1) is 12.3 Å². The van der Waals surface area contributed by atoms with Crippen molar-refractivity contribution >= 4 is 6.20 Å². The fourth-order valence-corrected chi connectivity index (χ4v) is 2.06. The number of nitrogens with zero attached hydrogens (tertiary/aromatic N) is 2. The van der Waals surface area contributed by atoms with E-state index in [4.69, 9.17) is 4.74 Å². The molecule has 0 saturated carbocycles. The molecule has 0 aliphatic rings. The first kappa shape index (κ1) is 15.3. The van der Waals surface area contributed by atoms with Gasteiger partial charge < -0.3 is 10.1 Å². The van der Waals surface area contributed by atoms with E-state index >= 15 is 0 Å². The van der Waals surface area contributed by atoms with E-state index in [1.54, 1.807) is 10.9 Å². The second kappa shape index (κ2) is 7.09. The lowest BCUT2D eigenvalue weighted by Crippen LogP contribution is -2.17. The lowest BCUT2D eigenvalue weighted by atomic mass is 10.1. The van der Waals surface area contributed by atoms with Gasteiger partial charge in [-0.1, -0.05) is 18.7 Å². The molecule has 21 heavy (non-hydrogen) atoms. The van der Waals surface area contributed by atoms with Crippen molar-refractivity contribution in [1.29, 1.82) is 0 Å². The van der Waals surface area contributed by atoms with E-state index in [-0.39, 0.29) is 12.1 Å². The van der Waals surface area contributed by atoms with Gasteiger partial charge in [-0.05, 0) is 38.5 Å². The predicted molar refractivity (Wildman–Crippen MR) is 86.1 cm³/mol. The summed E-state index contributed by atoms with van der Waals surface area (Å²) in [6.45, 7) is 10.7. The number of ether oxygens (including phenoxy) is 1. The van der Waals surface area contributed by atoms with Gasteiger partial charge in [-0.2, -0.15) is 5.10 Å². The molecule has 1 aromatic carbocycles. The zero-order valence-electron chi connectivity index (χ0n) is 12.9. The highest BCUT2D eigenvalue weighted by molar-refractivity contribution is 5.29. The Hall–Kier alpha value is -2.07. The molecule has 0 spiro atoms. The molecule has 4 heteroatoms. The molecule has 1 aromatic heterocycles. The van der Waals surface area contributed by atoms with E-state index < -0.39 is 0 Å². The van der Waals surface area contributed by atoms with Gasteiger partial charge in [0.2, 0.25) is 0 Å². The lowest BCUT2D eigenvalue weighted by Gasteiger charge is -2.15. The fraction of sp³-hybridized carbons (Fsp3) is 0.353. The maximum atomic E-state index is 5.65. The molecule has 0 aliphatic heterocycles. The molecule has 0 aliphatic carbocycles. The van der Waals surface area contributed by atoms with Gasteiger partial charge >= 0.3 is 0 Å². The number of aromatic nitrogens is 2. The van der Waals surface area contributed by atoms with Crippen molar-refractivity contribution in [3.63, 3.8) is 0 Å². The highest BCUT2D eigenvalue weighted by Gasteiger charge is 2.06. The van der Waals surface area contributed by atoms with Gasteiger partial charge in [0.25, 0.3) is 0 Å². The van der Waals surface area contributed by atoms with Crippen molar-refractivity contribution in [3.05, 3.63) is 54.4 Å². The average molecular weight is 285 g/mol.